The molecule has 0 aliphatic carbocycles. The lowest BCUT2D eigenvalue weighted by Crippen LogP contribution is -2.39. The van der Waals surface area contributed by atoms with Crippen LogP contribution < -0.4 is 14.4 Å². The number of aryl methyl sites for hydroxylation is 1. The second-order valence-corrected chi connectivity index (χ2v) is 12.7. The van der Waals surface area contributed by atoms with E-state index in [1.165, 1.54) is 19.2 Å². The number of piperidine rings is 1. The Hall–Kier alpha value is -3.65. The highest BCUT2D eigenvalue weighted by molar-refractivity contribution is 5.88. The number of carboxylic acid groups (broad SMARTS) is 1. The Morgan fingerprint density at radius 3 is 2.24 bits per heavy atom. The molecular formula is C34H43FN2O5. The molecule has 1 aromatic heterocycles. The van der Waals surface area contributed by atoms with Gasteiger partial charge in [0, 0.05) is 25.1 Å². The minimum atomic E-state index is -1.27. The van der Waals surface area contributed by atoms with Crippen molar-refractivity contribution in [3.63, 3.8) is 0 Å². The number of carbonyl (C=O) groups is 1. The van der Waals surface area contributed by atoms with E-state index in [1.807, 2.05) is 52.0 Å². The lowest BCUT2D eigenvalue weighted by atomic mass is 9.82. The molecule has 8 heteroatoms. The first-order chi connectivity index (χ1) is 19.8. The molecule has 226 valence electrons. The van der Waals surface area contributed by atoms with Crippen LogP contribution in [0.25, 0.3) is 11.1 Å². The summed E-state index contributed by atoms with van der Waals surface area (Å²) in [5, 5.41) is 10.4. The maximum atomic E-state index is 13.2. The molecule has 0 radical (unpaired) electrons. The number of nitrogens with zero attached hydrogens (tertiary/aromatic N) is 2. The molecule has 1 N–H and O–H groups in total. The molecule has 0 saturated carbocycles. The molecule has 3 aromatic rings. The van der Waals surface area contributed by atoms with Crippen molar-refractivity contribution in [3.05, 3.63) is 71.2 Å². The van der Waals surface area contributed by atoms with Crippen LogP contribution in [0.5, 0.6) is 11.6 Å². The van der Waals surface area contributed by atoms with E-state index in [4.69, 9.17) is 19.2 Å². The third-order valence-corrected chi connectivity index (χ3v) is 7.65. The average Bonchev–Trinajstić information content (AvgIpc) is 2.92. The number of methoxy groups -OCH3 is 1. The summed E-state index contributed by atoms with van der Waals surface area (Å²) in [6.45, 7) is 14.0. The molecule has 0 spiro atoms. The molecule has 1 atom stereocenters. The summed E-state index contributed by atoms with van der Waals surface area (Å²) in [5.74, 6) is -0.383. The molecule has 2 aromatic carbocycles. The minimum Gasteiger partial charge on any atom is -0.493 e. The fraction of sp³-hybridized carbons (Fsp3) is 0.471. The van der Waals surface area contributed by atoms with Crippen molar-refractivity contribution in [2.24, 2.45) is 5.41 Å². The summed E-state index contributed by atoms with van der Waals surface area (Å²) < 4.78 is 31.1. The van der Waals surface area contributed by atoms with Crippen LogP contribution in [0.1, 0.15) is 70.4 Å². The van der Waals surface area contributed by atoms with Crippen LogP contribution in [0, 0.1) is 18.2 Å². The van der Waals surface area contributed by atoms with Crippen LogP contribution in [0.2, 0.25) is 0 Å². The van der Waals surface area contributed by atoms with Gasteiger partial charge in [-0.25, -0.2) is 14.2 Å². The number of hydrogen-bond acceptors (Lipinski definition) is 6. The Labute approximate surface area is 248 Å². The Balaban J connectivity index is 1.75. The van der Waals surface area contributed by atoms with Crippen LogP contribution in [0.4, 0.5) is 10.1 Å². The number of rotatable bonds is 10. The van der Waals surface area contributed by atoms with Crippen molar-refractivity contribution < 1.29 is 28.5 Å². The van der Waals surface area contributed by atoms with E-state index in [9.17, 15) is 14.3 Å². The number of benzene rings is 2. The topological polar surface area (TPSA) is 81.1 Å². The zero-order valence-corrected chi connectivity index (χ0v) is 25.8. The van der Waals surface area contributed by atoms with Crippen molar-refractivity contribution >= 4 is 11.7 Å². The first-order valence-corrected chi connectivity index (χ1v) is 14.5. The van der Waals surface area contributed by atoms with Gasteiger partial charge < -0.3 is 24.2 Å². The third kappa shape index (κ3) is 7.59. The molecule has 0 unspecified atom stereocenters. The molecule has 4 rings (SSSR count). The Bertz CT molecular complexity index is 1370. The van der Waals surface area contributed by atoms with Crippen molar-refractivity contribution in [2.75, 3.05) is 31.7 Å². The van der Waals surface area contributed by atoms with Gasteiger partial charge in [0.25, 0.3) is 0 Å². The van der Waals surface area contributed by atoms with Gasteiger partial charge in [-0.2, -0.15) is 0 Å². The van der Waals surface area contributed by atoms with Crippen LogP contribution in [0.15, 0.2) is 48.5 Å². The number of ether oxygens (including phenoxy) is 3. The molecule has 7 nitrogen and oxygen atoms in total. The van der Waals surface area contributed by atoms with Gasteiger partial charge >= 0.3 is 5.97 Å². The van der Waals surface area contributed by atoms with E-state index in [0.29, 0.717) is 24.3 Å². The van der Waals surface area contributed by atoms with Gasteiger partial charge in [0.05, 0.1) is 36.3 Å². The predicted octanol–water partition coefficient (Wildman–Crippen LogP) is 7.39. The van der Waals surface area contributed by atoms with Crippen LogP contribution in [-0.2, 0) is 16.0 Å². The van der Waals surface area contributed by atoms with Gasteiger partial charge in [-0.1, -0.05) is 38.1 Å². The second-order valence-electron chi connectivity index (χ2n) is 12.7. The summed E-state index contributed by atoms with van der Waals surface area (Å²) in [5.41, 5.74) is 4.19. The van der Waals surface area contributed by atoms with E-state index in [2.05, 4.69) is 18.7 Å². The van der Waals surface area contributed by atoms with E-state index < -0.39 is 17.7 Å². The monoisotopic (exact) mass is 578 g/mol. The van der Waals surface area contributed by atoms with Gasteiger partial charge in [-0.05, 0) is 81.3 Å². The molecule has 42 heavy (non-hydrogen) atoms. The number of carboxylic acids is 1. The highest BCUT2D eigenvalue weighted by Crippen LogP contribution is 2.47. The van der Waals surface area contributed by atoms with Gasteiger partial charge in [-0.3, -0.25) is 0 Å². The maximum Gasteiger partial charge on any atom is 0.337 e. The molecular weight excluding hydrogens is 535 g/mol. The fourth-order valence-electron chi connectivity index (χ4n) is 5.32. The Morgan fingerprint density at radius 2 is 1.69 bits per heavy atom. The lowest BCUT2D eigenvalue weighted by molar-refractivity contribution is -0.160. The smallest absolute Gasteiger partial charge is 0.337 e. The average molecular weight is 579 g/mol. The summed E-state index contributed by atoms with van der Waals surface area (Å²) in [4.78, 5) is 19.7. The molecule has 1 aliphatic heterocycles. The van der Waals surface area contributed by atoms with Gasteiger partial charge in [-0.15, -0.1) is 0 Å². The second kappa shape index (κ2) is 12.7. The highest BCUT2D eigenvalue weighted by atomic mass is 19.1. The first kappa shape index (κ1) is 31.3. The number of hydrogen-bond donors (Lipinski definition) is 1. The number of anilines is 1. The third-order valence-electron chi connectivity index (χ3n) is 7.65. The van der Waals surface area contributed by atoms with Gasteiger partial charge in [0.1, 0.15) is 11.6 Å². The fourth-order valence-corrected chi connectivity index (χ4v) is 5.32. The minimum absolute atomic E-state index is 0.198. The zero-order chi connectivity index (χ0) is 30.7. The largest absolute Gasteiger partial charge is 0.493 e. The van der Waals surface area contributed by atoms with Crippen molar-refractivity contribution in [2.45, 2.75) is 72.5 Å². The summed E-state index contributed by atoms with van der Waals surface area (Å²) >= 11 is 0. The number of aromatic nitrogens is 1. The quantitative estimate of drug-likeness (QED) is 0.269. The molecule has 0 bridgehead atoms. The van der Waals surface area contributed by atoms with Gasteiger partial charge in [0.2, 0.25) is 5.88 Å². The normalized spacial score (nSPS) is 15.8. The molecule has 0 amide bonds. The maximum absolute atomic E-state index is 13.2. The van der Waals surface area contributed by atoms with Crippen LogP contribution in [0.3, 0.4) is 0 Å². The van der Waals surface area contributed by atoms with Crippen molar-refractivity contribution in [1.82, 2.24) is 4.98 Å². The van der Waals surface area contributed by atoms with Gasteiger partial charge in [0.15, 0.2) is 6.10 Å². The molecule has 1 saturated heterocycles. The SMILES string of the molecule is COc1nc(C)c(-c2ccc(OCCc3ccc(F)cc3)cc2)c(N2CCC(C)(C)CC2)c1[C@H](OC(C)(C)C)C(=O)O. The summed E-state index contributed by atoms with van der Waals surface area (Å²) in [7, 11) is 1.52. The number of aliphatic carboxylic acids is 1. The Morgan fingerprint density at radius 1 is 1.07 bits per heavy atom. The summed E-state index contributed by atoms with van der Waals surface area (Å²) in [6, 6.07) is 14.2. The number of halogens is 1. The number of pyridine rings is 1. The molecule has 1 fully saturated rings. The van der Waals surface area contributed by atoms with E-state index in [0.717, 1.165) is 54.0 Å². The standard InChI is InChI=1S/C34H43FN2O5/c1-22-27(24-10-14-26(15-11-24)41-21-16-23-8-12-25(35)13-9-23)29(37-19-17-34(5,6)18-20-37)28(31(36-22)40-7)30(32(38)39)42-33(2,3)4/h8-15,30H,16-21H2,1-7H3,(H,38,39)/t30-/m0/s1. The lowest BCUT2D eigenvalue weighted by Gasteiger charge is -2.41. The Kier molecular flexibility index (Phi) is 9.46. The molecule has 1 aliphatic rings. The summed E-state index contributed by atoms with van der Waals surface area (Å²) in [6.07, 6.45) is 1.32. The molecule has 2 heterocycles. The van der Waals surface area contributed by atoms with E-state index in [-0.39, 0.29) is 17.1 Å². The zero-order valence-electron chi connectivity index (χ0n) is 25.8. The highest BCUT2D eigenvalue weighted by Gasteiger charge is 2.38. The van der Waals surface area contributed by atoms with Crippen molar-refractivity contribution in [3.8, 4) is 22.8 Å². The first-order valence-electron chi connectivity index (χ1n) is 14.5. The van der Waals surface area contributed by atoms with Crippen molar-refractivity contribution in [1.29, 1.82) is 0 Å². The van der Waals surface area contributed by atoms with E-state index >= 15 is 0 Å². The van der Waals surface area contributed by atoms with Crippen LogP contribution >= 0.6 is 0 Å². The van der Waals surface area contributed by atoms with E-state index in [1.54, 1.807) is 12.1 Å². The predicted molar refractivity (Wildman–Crippen MR) is 163 cm³/mol. The van der Waals surface area contributed by atoms with Crippen LogP contribution in [-0.4, -0.2) is 48.5 Å².